The first-order valence-electron chi connectivity index (χ1n) is 11.2. The molecule has 180 valence electrons. The molecule has 0 spiro atoms. The molecule has 0 saturated heterocycles. The summed E-state index contributed by atoms with van der Waals surface area (Å²) in [5.74, 6) is 1.46. The van der Waals surface area contributed by atoms with E-state index < -0.39 is 0 Å². The van der Waals surface area contributed by atoms with Gasteiger partial charge in [-0.05, 0) is 42.0 Å². The fourth-order valence-electron chi connectivity index (χ4n) is 3.88. The molecule has 0 fully saturated rings. The van der Waals surface area contributed by atoms with Crippen LogP contribution in [0.4, 0.5) is 0 Å². The van der Waals surface area contributed by atoms with Crippen molar-refractivity contribution >= 4 is 5.91 Å². The molecule has 1 heterocycles. The second-order valence-electron chi connectivity index (χ2n) is 8.15. The number of nitrogens with zero attached hydrogens (tertiary/aromatic N) is 4. The van der Waals surface area contributed by atoms with Crippen LogP contribution in [0.2, 0.25) is 0 Å². The van der Waals surface area contributed by atoms with Gasteiger partial charge in [-0.2, -0.15) is 0 Å². The van der Waals surface area contributed by atoms with Crippen molar-refractivity contribution in [3.8, 4) is 28.5 Å². The zero-order valence-corrected chi connectivity index (χ0v) is 20.0. The summed E-state index contributed by atoms with van der Waals surface area (Å²) >= 11 is 0. The van der Waals surface area contributed by atoms with Crippen LogP contribution in [-0.2, 0) is 31.4 Å². The molecule has 35 heavy (non-hydrogen) atoms. The van der Waals surface area contributed by atoms with Crippen molar-refractivity contribution in [3.63, 3.8) is 0 Å². The van der Waals surface area contributed by atoms with Crippen LogP contribution in [0.1, 0.15) is 16.8 Å². The number of methoxy groups -OCH3 is 2. The first-order chi connectivity index (χ1) is 17.0. The summed E-state index contributed by atoms with van der Waals surface area (Å²) in [6.45, 7) is 0.625. The molecule has 1 amide bonds. The number of benzene rings is 3. The maximum atomic E-state index is 13.5. The van der Waals surface area contributed by atoms with Crippen LogP contribution in [0.3, 0.4) is 0 Å². The SMILES string of the molecule is COc1ccc(CN(Cc2c(-c3ccc(O)cc3)nnn2C)C(=O)Cc2ccccc2)c(OC)c1. The summed E-state index contributed by atoms with van der Waals surface area (Å²) in [5.41, 5.74) is 4.04. The Balaban J connectivity index is 1.68. The Labute approximate surface area is 204 Å². The third-order valence-electron chi connectivity index (χ3n) is 5.83. The lowest BCUT2D eigenvalue weighted by Gasteiger charge is -2.24. The van der Waals surface area contributed by atoms with Crippen molar-refractivity contribution < 1.29 is 19.4 Å². The molecule has 1 aromatic heterocycles. The van der Waals surface area contributed by atoms with Gasteiger partial charge in [-0.25, -0.2) is 4.68 Å². The molecule has 8 nitrogen and oxygen atoms in total. The Morgan fingerprint density at radius 2 is 1.71 bits per heavy atom. The van der Waals surface area contributed by atoms with Gasteiger partial charge in [-0.15, -0.1) is 5.10 Å². The van der Waals surface area contributed by atoms with Crippen LogP contribution < -0.4 is 9.47 Å². The maximum absolute atomic E-state index is 13.5. The van der Waals surface area contributed by atoms with Crippen molar-refractivity contribution in [2.45, 2.75) is 19.5 Å². The summed E-state index contributed by atoms with van der Waals surface area (Å²) in [4.78, 5) is 15.3. The molecular weight excluding hydrogens is 444 g/mol. The van der Waals surface area contributed by atoms with Crippen molar-refractivity contribution in [3.05, 3.63) is 89.6 Å². The number of carbonyl (C=O) groups is 1. The van der Waals surface area contributed by atoms with Crippen LogP contribution in [0, 0.1) is 0 Å². The zero-order chi connectivity index (χ0) is 24.8. The minimum Gasteiger partial charge on any atom is -0.508 e. The fourth-order valence-corrected chi connectivity index (χ4v) is 3.88. The average molecular weight is 473 g/mol. The Morgan fingerprint density at radius 3 is 2.40 bits per heavy atom. The summed E-state index contributed by atoms with van der Waals surface area (Å²) in [6.07, 6.45) is 0.263. The van der Waals surface area contributed by atoms with E-state index in [1.54, 1.807) is 55.1 Å². The van der Waals surface area contributed by atoms with Crippen molar-refractivity contribution in [2.75, 3.05) is 14.2 Å². The van der Waals surface area contributed by atoms with Crippen molar-refractivity contribution in [1.82, 2.24) is 19.9 Å². The molecule has 1 N–H and O–H groups in total. The second-order valence-corrected chi connectivity index (χ2v) is 8.15. The minimum absolute atomic E-state index is 0.0353. The number of amides is 1. The highest BCUT2D eigenvalue weighted by Gasteiger charge is 2.22. The molecule has 4 rings (SSSR count). The van der Waals surface area contributed by atoms with Crippen LogP contribution in [0.15, 0.2) is 72.8 Å². The number of aromatic hydroxyl groups is 1. The monoisotopic (exact) mass is 472 g/mol. The molecule has 3 aromatic carbocycles. The van der Waals surface area contributed by atoms with E-state index in [2.05, 4.69) is 10.3 Å². The number of carbonyl (C=O) groups excluding carboxylic acids is 1. The lowest BCUT2D eigenvalue weighted by molar-refractivity contribution is -0.131. The third-order valence-corrected chi connectivity index (χ3v) is 5.83. The number of rotatable bonds is 9. The Bertz CT molecular complexity index is 1290. The fraction of sp³-hybridized carbons (Fsp3) is 0.222. The van der Waals surface area contributed by atoms with Gasteiger partial charge in [0.25, 0.3) is 0 Å². The van der Waals surface area contributed by atoms with Crippen LogP contribution >= 0.6 is 0 Å². The average Bonchev–Trinajstić information content (AvgIpc) is 3.24. The highest BCUT2D eigenvalue weighted by molar-refractivity contribution is 5.79. The summed E-state index contributed by atoms with van der Waals surface area (Å²) in [6, 6.07) is 22.0. The Morgan fingerprint density at radius 1 is 0.971 bits per heavy atom. The van der Waals surface area contributed by atoms with Gasteiger partial charge in [0.05, 0.1) is 32.9 Å². The molecule has 0 bridgehead atoms. The molecule has 0 aliphatic carbocycles. The normalized spacial score (nSPS) is 10.7. The number of hydrogen-bond donors (Lipinski definition) is 1. The highest BCUT2D eigenvalue weighted by Crippen LogP contribution is 2.28. The molecule has 4 aromatic rings. The van der Waals surface area contributed by atoms with Crippen LogP contribution in [-0.4, -0.2) is 45.1 Å². The quantitative estimate of drug-likeness (QED) is 0.396. The first kappa shape index (κ1) is 23.8. The number of phenols is 1. The predicted molar refractivity (Wildman–Crippen MR) is 132 cm³/mol. The number of aromatic nitrogens is 3. The van der Waals surface area contributed by atoms with E-state index in [0.29, 0.717) is 30.3 Å². The Kier molecular flexibility index (Phi) is 7.30. The number of phenolic OH excluding ortho intramolecular Hbond substituents is 1. The number of aryl methyl sites for hydroxylation is 1. The second kappa shape index (κ2) is 10.7. The van der Waals surface area contributed by atoms with E-state index in [4.69, 9.17) is 9.47 Å². The zero-order valence-electron chi connectivity index (χ0n) is 20.0. The van der Waals surface area contributed by atoms with E-state index in [9.17, 15) is 9.90 Å². The highest BCUT2D eigenvalue weighted by atomic mass is 16.5. The molecular formula is C27H28N4O4. The van der Waals surface area contributed by atoms with E-state index in [0.717, 1.165) is 22.4 Å². The minimum atomic E-state index is -0.0353. The van der Waals surface area contributed by atoms with Crippen LogP contribution in [0.5, 0.6) is 17.2 Å². The molecule has 0 aliphatic rings. The molecule has 0 saturated carbocycles. The van der Waals surface area contributed by atoms with Gasteiger partial charge < -0.3 is 19.5 Å². The summed E-state index contributed by atoms with van der Waals surface area (Å²) < 4.78 is 12.6. The largest absolute Gasteiger partial charge is 0.508 e. The lowest BCUT2D eigenvalue weighted by atomic mass is 10.1. The van der Waals surface area contributed by atoms with Gasteiger partial charge in [0.15, 0.2) is 0 Å². The van der Waals surface area contributed by atoms with Gasteiger partial charge in [0, 0.05) is 30.8 Å². The van der Waals surface area contributed by atoms with E-state index in [-0.39, 0.29) is 18.1 Å². The van der Waals surface area contributed by atoms with Crippen molar-refractivity contribution in [2.24, 2.45) is 7.05 Å². The summed E-state index contributed by atoms with van der Waals surface area (Å²) in [7, 11) is 5.01. The van der Waals surface area contributed by atoms with Crippen LogP contribution in [0.25, 0.3) is 11.3 Å². The van der Waals surface area contributed by atoms with E-state index in [1.807, 2.05) is 48.5 Å². The van der Waals surface area contributed by atoms with Gasteiger partial charge in [0.1, 0.15) is 22.9 Å². The molecule has 0 unspecified atom stereocenters. The van der Waals surface area contributed by atoms with E-state index in [1.165, 1.54) is 0 Å². The molecule has 0 aliphatic heterocycles. The van der Waals surface area contributed by atoms with Gasteiger partial charge in [0.2, 0.25) is 5.91 Å². The standard InChI is InChI=1S/C27H28N4O4/c1-30-24(27(28-29-30)20-9-12-22(32)13-10-20)18-31(26(33)15-19-7-5-4-6-8-19)17-21-11-14-23(34-2)16-25(21)35-3/h4-14,16,32H,15,17-18H2,1-3H3. The Hall–Kier alpha value is -4.33. The molecule has 0 atom stereocenters. The third kappa shape index (κ3) is 5.60. The number of ether oxygens (including phenoxy) is 2. The maximum Gasteiger partial charge on any atom is 0.227 e. The molecule has 0 radical (unpaired) electrons. The predicted octanol–water partition coefficient (Wildman–Crippen LogP) is 3.98. The van der Waals surface area contributed by atoms with Gasteiger partial charge in [-0.3, -0.25) is 4.79 Å². The number of hydrogen-bond acceptors (Lipinski definition) is 6. The van der Waals surface area contributed by atoms with E-state index >= 15 is 0 Å². The first-order valence-corrected chi connectivity index (χ1v) is 11.2. The lowest BCUT2D eigenvalue weighted by Crippen LogP contribution is -2.32. The van der Waals surface area contributed by atoms with Gasteiger partial charge in [-0.1, -0.05) is 35.5 Å². The topological polar surface area (TPSA) is 89.7 Å². The summed E-state index contributed by atoms with van der Waals surface area (Å²) in [5, 5.41) is 18.2. The van der Waals surface area contributed by atoms with Gasteiger partial charge >= 0.3 is 0 Å². The van der Waals surface area contributed by atoms with Crippen molar-refractivity contribution in [1.29, 1.82) is 0 Å². The molecule has 8 heteroatoms. The smallest absolute Gasteiger partial charge is 0.227 e.